The van der Waals surface area contributed by atoms with Crippen LogP contribution in [0.5, 0.6) is 0 Å². The van der Waals surface area contributed by atoms with E-state index in [1.807, 2.05) is 0 Å². The molecule has 0 aliphatic carbocycles. The van der Waals surface area contributed by atoms with Crippen LogP contribution in [0.15, 0.2) is 21.7 Å². The Morgan fingerprint density at radius 3 is 2.73 bits per heavy atom. The smallest absolute Gasteiger partial charge is 0.250 e. The number of thiophene rings is 1. The van der Waals surface area contributed by atoms with Crippen LogP contribution in [0.3, 0.4) is 0 Å². The second kappa shape index (κ2) is 6.27. The monoisotopic (exact) mass is 343 g/mol. The summed E-state index contributed by atoms with van der Waals surface area (Å²) in [4.78, 5) is 14.0. The molecule has 122 valence electrons. The lowest BCUT2D eigenvalue weighted by Crippen LogP contribution is -2.47. The number of nitrogens with one attached hydrogen (secondary N) is 2. The van der Waals surface area contributed by atoms with Crippen molar-refractivity contribution in [2.24, 2.45) is 5.41 Å². The van der Waals surface area contributed by atoms with Gasteiger partial charge in [-0.05, 0) is 42.7 Å². The standard InChI is InChI=1S/C14H21N3O3S2/c18-12(10-16-22(19,20)13-2-1-9-21-13)17-7-4-14(5-8-17)3-6-15-11-14/h1-2,9,15-16H,3-8,10-11H2. The fraction of sp³-hybridized carbons (Fsp3) is 0.643. The Hall–Kier alpha value is -0.960. The maximum atomic E-state index is 12.2. The largest absolute Gasteiger partial charge is 0.342 e. The van der Waals surface area contributed by atoms with Crippen LogP contribution in [0.4, 0.5) is 0 Å². The highest BCUT2D eigenvalue weighted by atomic mass is 32.2. The summed E-state index contributed by atoms with van der Waals surface area (Å²) in [6.45, 7) is 3.39. The zero-order valence-electron chi connectivity index (χ0n) is 12.4. The Morgan fingerprint density at radius 1 is 1.36 bits per heavy atom. The molecule has 0 saturated carbocycles. The molecule has 2 aliphatic heterocycles. The second-order valence-electron chi connectivity index (χ2n) is 6.06. The summed E-state index contributed by atoms with van der Waals surface area (Å²) in [7, 11) is -3.56. The van der Waals surface area contributed by atoms with Gasteiger partial charge in [-0.2, -0.15) is 0 Å². The van der Waals surface area contributed by atoms with E-state index in [0.717, 1.165) is 50.4 Å². The molecule has 22 heavy (non-hydrogen) atoms. The molecule has 1 aromatic rings. The van der Waals surface area contributed by atoms with Crippen LogP contribution in [0, 0.1) is 5.41 Å². The fourth-order valence-electron chi connectivity index (χ4n) is 3.21. The van der Waals surface area contributed by atoms with Crippen LogP contribution >= 0.6 is 11.3 Å². The van der Waals surface area contributed by atoms with Crippen molar-refractivity contribution in [3.63, 3.8) is 0 Å². The van der Waals surface area contributed by atoms with Gasteiger partial charge in [0.2, 0.25) is 5.91 Å². The summed E-state index contributed by atoms with van der Waals surface area (Å²) in [5.41, 5.74) is 0.354. The van der Waals surface area contributed by atoms with E-state index < -0.39 is 10.0 Å². The van der Waals surface area contributed by atoms with Gasteiger partial charge in [0.25, 0.3) is 10.0 Å². The van der Waals surface area contributed by atoms with Crippen molar-refractivity contribution < 1.29 is 13.2 Å². The zero-order valence-corrected chi connectivity index (χ0v) is 14.0. The first-order valence-electron chi connectivity index (χ1n) is 7.53. The number of sulfonamides is 1. The quantitative estimate of drug-likeness (QED) is 0.840. The molecule has 3 rings (SSSR count). The van der Waals surface area contributed by atoms with Gasteiger partial charge in [-0.3, -0.25) is 4.79 Å². The Kier molecular flexibility index (Phi) is 4.54. The van der Waals surface area contributed by atoms with Crippen molar-refractivity contribution in [2.45, 2.75) is 23.5 Å². The average molecular weight is 343 g/mol. The van der Waals surface area contributed by atoms with E-state index in [1.165, 1.54) is 12.5 Å². The molecule has 0 radical (unpaired) electrons. The molecule has 2 N–H and O–H groups in total. The number of carbonyl (C=O) groups excluding carboxylic acids is 1. The average Bonchev–Trinajstić information content (AvgIpc) is 3.18. The summed E-state index contributed by atoms with van der Waals surface area (Å²) in [5, 5.41) is 5.10. The highest BCUT2D eigenvalue weighted by molar-refractivity contribution is 7.91. The SMILES string of the molecule is O=C(CNS(=O)(=O)c1cccs1)N1CCC2(CCNC2)CC1. The molecular formula is C14H21N3O3S2. The molecule has 8 heteroatoms. The van der Waals surface area contributed by atoms with Crippen molar-refractivity contribution in [1.82, 2.24) is 14.9 Å². The van der Waals surface area contributed by atoms with Gasteiger partial charge in [0.15, 0.2) is 0 Å². The predicted octanol–water partition coefficient (Wildman–Crippen LogP) is 0.629. The van der Waals surface area contributed by atoms with Gasteiger partial charge in [0.1, 0.15) is 4.21 Å². The number of amides is 1. The summed E-state index contributed by atoms with van der Waals surface area (Å²) >= 11 is 1.15. The normalized spacial score (nSPS) is 21.4. The van der Waals surface area contributed by atoms with Crippen LogP contribution in [0.2, 0.25) is 0 Å². The number of piperidine rings is 1. The van der Waals surface area contributed by atoms with E-state index in [0.29, 0.717) is 5.41 Å². The van der Waals surface area contributed by atoms with Gasteiger partial charge in [-0.1, -0.05) is 6.07 Å². The molecule has 1 amide bonds. The number of likely N-dealkylation sites (tertiary alicyclic amines) is 1. The highest BCUT2D eigenvalue weighted by Crippen LogP contribution is 2.36. The maximum Gasteiger partial charge on any atom is 0.250 e. The first kappa shape index (κ1) is 15.9. The van der Waals surface area contributed by atoms with E-state index >= 15 is 0 Å². The first-order chi connectivity index (χ1) is 10.5. The lowest BCUT2D eigenvalue weighted by Gasteiger charge is -2.38. The topological polar surface area (TPSA) is 78.5 Å². The number of rotatable bonds is 4. The fourth-order valence-corrected chi connectivity index (χ4v) is 5.22. The minimum atomic E-state index is -3.56. The predicted molar refractivity (Wildman–Crippen MR) is 85.2 cm³/mol. The van der Waals surface area contributed by atoms with E-state index in [-0.39, 0.29) is 16.7 Å². The van der Waals surface area contributed by atoms with Crippen LogP contribution < -0.4 is 10.0 Å². The lowest BCUT2D eigenvalue weighted by atomic mass is 9.78. The van der Waals surface area contributed by atoms with Crippen molar-refractivity contribution >= 4 is 27.3 Å². The van der Waals surface area contributed by atoms with Gasteiger partial charge in [-0.15, -0.1) is 11.3 Å². The van der Waals surface area contributed by atoms with E-state index in [1.54, 1.807) is 16.3 Å². The summed E-state index contributed by atoms with van der Waals surface area (Å²) < 4.78 is 26.7. The molecule has 3 heterocycles. The number of hydrogen-bond acceptors (Lipinski definition) is 5. The summed E-state index contributed by atoms with van der Waals surface area (Å²) in [6, 6.07) is 3.22. The molecule has 2 fully saturated rings. The highest BCUT2D eigenvalue weighted by Gasteiger charge is 2.38. The molecular weight excluding hydrogens is 322 g/mol. The zero-order chi connectivity index (χ0) is 15.6. The minimum Gasteiger partial charge on any atom is -0.342 e. The first-order valence-corrected chi connectivity index (χ1v) is 9.89. The molecule has 2 aliphatic rings. The van der Waals surface area contributed by atoms with Crippen LogP contribution in [0.1, 0.15) is 19.3 Å². The molecule has 0 unspecified atom stereocenters. The van der Waals surface area contributed by atoms with Crippen molar-refractivity contribution in [2.75, 3.05) is 32.7 Å². The minimum absolute atomic E-state index is 0.138. The Bertz CT molecular complexity index is 612. The Balaban J connectivity index is 1.51. The molecule has 0 atom stereocenters. The third-order valence-electron chi connectivity index (χ3n) is 4.68. The lowest BCUT2D eigenvalue weighted by molar-refractivity contribution is -0.132. The second-order valence-corrected chi connectivity index (χ2v) is 9.01. The summed E-state index contributed by atoms with van der Waals surface area (Å²) in [6.07, 6.45) is 3.19. The van der Waals surface area contributed by atoms with Crippen molar-refractivity contribution in [3.8, 4) is 0 Å². The van der Waals surface area contributed by atoms with E-state index in [4.69, 9.17) is 0 Å². The van der Waals surface area contributed by atoms with Crippen LogP contribution in [-0.4, -0.2) is 51.9 Å². The van der Waals surface area contributed by atoms with Crippen molar-refractivity contribution in [3.05, 3.63) is 17.5 Å². The maximum absolute atomic E-state index is 12.2. The number of carbonyl (C=O) groups is 1. The molecule has 6 nitrogen and oxygen atoms in total. The molecule has 0 aromatic carbocycles. The molecule has 1 aromatic heterocycles. The van der Waals surface area contributed by atoms with Crippen LogP contribution in [0.25, 0.3) is 0 Å². The Labute approximate surface area is 134 Å². The van der Waals surface area contributed by atoms with Gasteiger partial charge in [0.05, 0.1) is 6.54 Å². The van der Waals surface area contributed by atoms with Gasteiger partial charge in [-0.25, -0.2) is 13.1 Å². The Morgan fingerprint density at radius 2 is 2.14 bits per heavy atom. The molecule has 2 saturated heterocycles. The van der Waals surface area contributed by atoms with E-state index in [2.05, 4.69) is 10.0 Å². The van der Waals surface area contributed by atoms with Crippen molar-refractivity contribution in [1.29, 1.82) is 0 Å². The molecule has 1 spiro atoms. The summed E-state index contributed by atoms with van der Waals surface area (Å²) in [5.74, 6) is -0.138. The molecule has 0 bridgehead atoms. The third-order valence-corrected chi connectivity index (χ3v) is 7.48. The van der Waals surface area contributed by atoms with Gasteiger partial charge < -0.3 is 10.2 Å². The van der Waals surface area contributed by atoms with Gasteiger partial charge in [0, 0.05) is 19.6 Å². The number of nitrogens with zero attached hydrogens (tertiary/aromatic N) is 1. The van der Waals surface area contributed by atoms with Gasteiger partial charge >= 0.3 is 0 Å². The van der Waals surface area contributed by atoms with Crippen LogP contribution in [-0.2, 0) is 14.8 Å². The third kappa shape index (κ3) is 3.34. The van der Waals surface area contributed by atoms with E-state index in [9.17, 15) is 13.2 Å². The number of hydrogen-bond donors (Lipinski definition) is 2.